The number of anilines is 1. The van der Waals surface area contributed by atoms with E-state index in [2.05, 4.69) is 11.6 Å². The van der Waals surface area contributed by atoms with Crippen LogP contribution < -0.4 is 10.5 Å². The molecule has 1 saturated carbocycles. The number of nitro groups is 1. The minimum absolute atomic E-state index is 0.0145. The van der Waals surface area contributed by atoms with Crippen molar-refractivity contribution in [3.63, 3.8) is 0 Å². The quantitative estimate of drug-likeness (QED) is 0.490. The van der Waals surface area contributed by atoms with Crippen molar-refractivity contribution in [1.29, 1.82) is 0 Å². The fourth-order valence-corrected chi connectivity index (χ4v) is 3.86. The second-order valence-electron chi connectivity index (χ2n) is 5.82. The van der Waals surface area contributed by atoms with Crippen LogP contribution in [0.4, 0.5) is 11.4 Å². The number of nitrogens with one attached hydrogen (secondary N) is 1. The highest BCUT2D eigenvalue weighted by Crippen LogP contribution is 2.37. The molecule has 3 N–H and O–H groups in total. The van der Waals surface area contributed by atoms with E-state index in [1.807, 2.05) is 0 Å². The van der Waals surface area contributed by atoms with Crippen LogP contribution in [0.5, 0.6) is 0 Å². The summed E-state index contributed by atoms with van der Waals surface area (Å²) in [6, 6.07) is 3.44. The van der Waals surface area contributed by atoms with Gasteiger partial charge in [0.1, 0.15) is 5.69 Å². The Morgan fingerprint density at radius 2 is 2.00 bits per heavy atom. The molecule has 0 atom stereocenters. The van der Waals surface area contributed by atoms with Crippen molar-refractivity contribution in [1.82, 2.24) is 4.72 Å². The second-order valence-corrected chi connectivity index (χ2v) is 7.59. The van der Waals surface area contributed by atoms with Gasteiger partial charge in [0.25, 0.3) is 5.69 Å². The summed E-state index contributed by atoms with van der Waals surface area (Å²) in [5, 5.41) is 10.7. The number of nitro benzene ring substituents is 1. The molecule has 8 heteroatoms. The molecule has 1 fully saturated rings. The van der Waals surface area contributed by atoms with Crippen molar-refractivity contribution >= 4 is 21.4 Å². The normalized spacial score (nSPS) is 17.8. The zero-order chi connectivity index (χ0) is 15.7. The van der Waals surface area contributed by atoms with Crippen molar-refractivity contribution in [2.45, 2.75) is 37.5 Å². The van der Waals surface area contributed by atoms with E-state index in [1.165, 1.54) is 6.07 Å². The maximum Gasteiger partial charge on any atom is 0.292 e. The fourth-order valence-electron chi connectivity index (χ4n) is 2.62. The summed E-state index contributed by atoms with van der Waals surface area (Å²) in [7, 11) is -3.70. The van der Waals surface area contributed by atoms with Crippen LogP contribution in [0.3, 0.4) is 0 Å². The molecule has 0 spiro atoms. The van der Waals surface area contributed by atoms with E-state index in [9.17, 15) is 18.5 Å². The topological polar surface area (TPSA) is 115 Å². The highest BCUT2D eigenvalue weighted by molar-refractivity contribution is 7.89. The van der Waals surface area contributed by atoms with Crippen LogP contribution in [0.15, 0.2) is 23.1 Å². The van der Waals surface area contributed by atoms with Crippen LogP contribution >= 0.6 is 0 Å². The van der Waals surface area contributed by atoms with Crippen LogP contribution in [-0.2, 0) is 10.0 Å². The Hall–Kier alpha value is -1.67. The van der Waals surface area contributed by atoms with E-state index in [0.717, 1.165) is 37.8 Å². The Morgan fingerprint density at radius 3 is 2.52 bits per heavy atom. The second kappa shape index (κ2) is 5.61. The lowest BCUT2D eigenvalue weighted by atomic mass is 9.89. The van der Waals surface area contributed by atoms with Crippen molar-refractivity contribution in [3.05, 3.63) is 28.3 Å². The van der Waals surface area contributed by atoms with Crippen LogP contribution in [0.1, 0.15) is 32.6 Å². The van der Waals surface area contributed by atoms with Crippen molar-refractivity contribution < 1.29 is 13.3 Å². The largest absolute Gasteiger partial charge is 0.393 e. The smallest absolute Gasteiger partial charge is 0.292 e. The van der Waals surface area contributed by atoms with E-state index in [1.54, 1.807) is 0 Å². The maximum atomic E-state index is 12.2. The molecule has 0 unspecified atom stereocenters. The van der Waals surface area contributed by atoms with Crippen LogP contribution in [0.2, 0.25) is 0 Å². The molecule has 2 rings (SSSR count). The first kappa shape index (κ1) is 15.7. The van der Waals surface area contributed by atoms with E-state index >= 15 is 0 Å². The summed E-state index contributed by atoms with van der Waals surface area (Å²) >= 11 is 0. The Bertz CT molecular complexity index is 651. The van der Waals surface area contributed by atoms with Gasteiger partial charge in [0.2, 0.25) is 10.0 Å². The molecule has 0 amide bonds. The first-order chi connectivity index (χ1) is 9.73. The molecule has 1 aromatic rings. The molecular formula is C13H19N3O4S. The molecule has 7 nitrogen and oxygen atoms in total. The zero-order valence-corrected chi connectivity index (χ0v) is 12.6. The predicted octanol–water partition coefficient (Wildman–Crippen LogP) is 2.04. The van der Waals surface area contributed by atoms with Crippen LogP contribution in [-0.4, -0.2) is 19.9 Å². The first-order valence-corrected chi connectivity index (χ1v) is 8.25. The van der Waals surface area contributed by atoms with Crippen LogP contribution in [0, 0.1) is 15.5 Å². The number of benzene rings is 1. The summed E-state index contributed by atoms with van der Waals surface area (Å²) in [6.45, 7) is 2.43. The highest BCUT2D eigenvalue weighted by Gasteiger charge is 2.30. The molecule has 0 bridgehead atoms. The molecule has 1 aliphatic rings. The molecule has 21 heavy (non-hydrogen) atoms. The highest BCUT2D eigenvalue weighted by atomic mass is 32.2. The standard InChI is InChI=1S/C13H19N3O4S/c1-13(6-2-3-7-13)9-15-21(19,20)10-4-5-12(16(17)18)11(14)8-10/h4-5,8,15H,2-3,6-7,9,14H2,1H3. The number of hydrogen-bond donors (Lipinski definition) is 2. The lowest BCUT2D eigenvalue weighted by molar-refractivity contribution is -0.383. The average molecular weight is 313 g/mol. The van der Waals surface area contributed by atoms with Gasteiger partial charge in [-0.1, -0.05) is 19.8 Å². The van der Waals surface area contributed by atoms with Gasteiger partial charge in [-0.15, -0.1) is 0 Å². The molecule has 0 radical (unpaired) electrons. The van der Waals surface area contributed by atoms with Gasteiger partial charge in [-0.2, -0.15) is 0 Å². The average Bonchev–Trinajstić information content (AvgIpc) is 2.84. The zero-order valence-electron chi connectivity index (χ0n) is 11.8. The van der Waals surface area contributed by atoms with Crippen molar-refractivity contribution in [2.24, 2.45) is 5.41 Å². The number of nitrogens with two attached hydrogens (primary N) is 1. The Balaban J connectivity index is 2.16. The van der Waals surface area contributed by atoms with Crippen LogP contribution in [0.25, 0.3) is 0 Å². The number of sulfonamides is 1. The summed E-state index contributed by atoms with van der Waals surface area (Å²) in [4.78, 5) is 10.00. The molecule has 116 valence electrons. The fraction of sp³-hybridized carbons (Fsp3) is 0.538. The molecule has 0 aliphatic heterocycles. The van der Waals surface area contributed by atoms with Gasteiger partial charge >= 0.3 is 0 Å². The lowest BCUT2D eigenvalue weighted by Crippen LogP contribution is -2.34. The minimum Gasteiger partial charge on any atom is -0.393 e. The molecule has 0 heterocycles. The molecule has 0 saturated heterocycles. The van der Waals surface area contributed by atoms with E-state index < -0.39 is 14.9 Å². The van der Waals surface area contributed by atoms with Gasteiger partial charge in [-0.3, -0.25) is 10.1 Å². The SMILES string of the molecule is CC1(CNS(=O)(=O)c2ccc([N+](=O)[O-])c(N)c2)CCCC1. The summed E-state index contributed by atoms with van der Waals surface area (Å²) in [5.74, 6) is 0. The molecule has 1 aromatic carbocycles. The summed E-state index contributed by atoms with van der Waals surface area (Å²) in [6.07, 6.45) is 4.22. The minimum atomic E-state index is -3.70. The van der Waals surface area contributed by atoms with Gasteiger partial charge in [0.15, 0.2) is 0 Å². The third-order valence-electron chi connectivity index (χ3n) is 4.01. The number of nitrogen functional groups attached to an aromatic ring is 1. The van der Waals surface area contributed by atoms with Crippen molar-refractivity contribution in [2.75, 3.05) is 12.3 Å². The number of nitrogens with zero attached hydrogens (tertiary/aromatic N) is 1. The van der Waals surface area contributed by atoms with Crippen molar-refractivity contribution in [3.8, 4) is 0 Å². The third kappa shape index (κ3) is 3.51. The van der Waals surface area contributed by atoms with E-state index in [4.69, 9.17) is 5.73 Å². The first-order valence-electron chi connectivity index (χ1n) is 6.77. The third-order valence-corrected chi connectivity index (χ3v) is 5.40. The van der Waals surface area contributed by atoms with E-state index in [-0.39, 0.29) is 21.7 Å². The lowest BCUT2D eigenvalue weighted by Gasteiger charge is -2.23. The molecular weight excluding hydrogens is 294 g/mol. The maximum absolute atomic E-state index is 12.2. The van der Waals surface area contributed by atoms with Gasteiger partial charge < -0.3 is 5.73 Å². The summed E-state index contributed by atoms with van der Waals surface area (Å²) < 4.78 is 27.0. The molecule has 0 aromatic heterocycles. The van der Waals surface area contributed by atoms with Gasteiger partial charge in [-0.05, 0) is 30.4 Å². The van der Waals surface area contributed by atoms with E-state index in [0.29, 0.717) is 6.54 Å². The predicted molar refractivity (Wildman–Crippen MR) is 79.3 cm³/mol. The number of hydrogen-bond acceptors (Lipinski definition) is 5. The Labute approximate surface area is 123 Å². The molecule has 1 aliphatic carbocycles. The Kier molecular flexibility index (Phi) is 4.20. The van der Waals surface area contributed by atoms with Gasteiger partial charge in [0.05, 0.1) is 9.82 Å². The summed E-state index contributed by atoms with van der Waals surface area (Å²) in [5.41, 5.74) is 5.06. The monoisotopic (exact) mass is 313 g/mol. The van der Waals surface area contributed by atoms with Gasteiger partial charge in [-0.25, -0.2) is 13.1 Å². The Morgan fingerprint density at radius 1 is 1.38 bits per heavy atom. The number of rotatable bonds is 5. The van der Waals surface area contributed by atoms with Gasteiger partial charge in [0, 0.05) is 12.6 Å².